The van der Waals surface area contributed by atoms with Gasteiger partial charge >= 0.3 is 0 Å². The topological polar surface area (TPSA) is 126 Å². The molecule has 0 spiro atoms. The standard InChI is InChI=1S/C24H26N8O3/c33-19-13-16(22(34)27-19)12-17-14-25-32-21(17)29-23(30-24(32)26-18-6-7-18)28-20(15-4-2-1-3-5-15)31-8-10-35-11-9-31/h1-5,12,14,18,20H,6-11,13H2,(H,27,33,34)(H2,26,28,29,30)/b16-12+. The Morgan fingerprint density at radius 2 is 1.91 bits per heavy atom. The van der Waals surface area contributed by atoms with Gasteiger partial charge in [-0.1, -0.05) is 30.3 Å². The number of nitrogens with one attached hydrogen (secondary N) is 3. The van der Waals surface area contributed by atoms with Gasteiger partial charge in [0.05, 0.1) is 25.8 Å². The maximum Gasteiger partial charge on any atom is 0.254 e. The average molecular weight is 475 g/mol. The first-order valence-electron chi connectivity index (χ1n) is 11.8. The number of hydrogen-bond donors (Lipinski definition) is 3. The lowest BCUT2D eigenvalue weighted by Gasteiger charge is -2.35. The van der Waals surface area contributed by atoms with Crippen molar-refractivity contribution in [2.75, 3.05) is 36.9 Å². The number of imide groups is 1. The van der Waals surface area contributed by atoms with Crippen LogP contribution in [-0.4, -0.2) is 68.6 Å². The van der Waals surface area contributed by atoms with Gasteiger partial charge in [0.2, 0.25) is 17.8 Å². The van der Waals surface area contributed by atoms with Crippen LogP contribution in [0, 0.1) is 0 Å². The number of nitrogens with zero attached hydrogens (tertiary/aromatic N) is 5. The number of benzene rings is 1. The lowest BCUT2D eigenvalue weighted by molar-refractivity contribution is -0.124. The van der Waals surface area contributed by atoms with E-state index < -0.39 is 0 Å². The molecule has 2 aliphatic heterocycles. The third-order valence-electron chi connectivity index (χ3n) is 6.32. The molecule has 11 nitrogen and oxygen atoms in total. The smallest absolute Gasteiger partial charge is 0.254 e. The number of carbonyl (C=O) groups excluding carboxylic acids is 2. The molecule has 180 valence electrons. The predicted octanol–water partition coefficient (Wildman–Crippen LogP) is 1.57. The van der Waals surface area contributed by atoms with E-state index >= 15 is 0 Å². The SMILES string of the molecule is O=C1C/C(=C\c2cnn3c(NC4CC4)nc(NC(c4ccccc4)N4CCOCC4)nc23)C(=O)N1. The summed E-state index contributed by atoms with van der Waals surface area (Å²) in [6, 6.07) is 10.6. The first kappa shape index (κ1) is 21.7. The van der Waals surface area contributed by atoms with E-state index in [-0.39, 0.29) is 24.4 Å². The molecule has 2 amide bonds. The van der Waals surface area contributed by atoms with Gasteiger partial charge in [-0.3, -0.25) is 19.8 Å². The molecule has 1 unspecified atom stereocenters. The minimum atomic E-state index is -0.380. The van der Waals surface area contributed by atoms with Gasteiger partial charge < -0.3 is 15.4 Å². The fraction of sp³-hybridized carbons (Fsp3) is 0.375. The predicted molar refractivity (Wildman–Crippen MR) is 128 cm³/mol. The van der Waals surface area contributed by atoms with Crippen molar-refractivity contribution in [2.45, 2.75) is 31.5 Å². The number of rotatable bonds is 7. The molecule has 1 atom stereocenters. The molecule has 3 fully saturated rings. The highest BCUT2D eigenvalue weighted by Crippen LogP contribution is 2.28. The Kier molecular flexibility index (Phi) is 5.63. The second-order valence-electron chi connectivity index (χ2n) is 8.95. The number of carbonyl (C=O) groups is 2. The molecule has 1 aliphatic carbocycles. The van der Waals surface area contributed by atoms with E-state index in [9.17, 15) is 9.59 Å². The summed E-state index contributed by atoms with van der Waals surface area (Å²) in [5.74, 6) is 0.357. The van der Waals surface area contributed by atoms with Gasteiger partial charge in [0.25, 0.3) is 5.91 Å². The van der Waals surface area contributed by atoms with Crippen molar-refractivity contribution in [3.8, 4) is 0 Å². The van der Waals surface area contributed by atoms with Crippen LogP contribution in [0.4, 0.5) is 11.9 Å². The van der Waals surface area contributed by atoms with Crippen LogP contribution in [-0.2, 0) is 14.3 Å². The monoisotopic (exact) mass is 474 g/mol. The zero-order chi connectivity index (χ0) is 23.8. The van der Waals surface area contributed by atoms with Crippen molar-refractivity contribution >= 4 is 35.4 Å². The number of ether oxygens (including phenoxy) is 1. The molecule has 2 saturated heterocycles. The highest BCUT2D eigenvalue weighted by Gasteiger charge is 2.28. The molecular weight excluding hydrogens is 448 g/mol. The Labute approximate surface area is 201 Å². The third-order valence-corrected chi connectivity index (χ3v) is 6.32. The largest absolute Gasteiger partial charge is 0.379 e. The maximum absolute atomic E-state index is 12.1. The van der Waals surface area contributed by atoms with Crippen LogP contribution in [0.5, 0.6) is 0 Å². The highest BCUT2D eigenvalue weighted by atomic mass is 16.5. The molecule has 11 heteroatoms. The van der Waals surface area contributed by atoms with Crippen LogP contribution in [0.25, 0.3) is 11.7 Å². The summed E-state index contributed by atoms with van der Waals surface area (Å²) in [6.45, 7) is 2.91. The summed E-state index contributed by atoms with van der Waals surface area (Å²) in [5, 5.41) is 13.8. The summed E-state index contributed by atoms with van der Waals surface area (Å²) in [5.41, 5.74) is 2.70. The van der Waals surface area contributed by atoms with Crippen LogP contribution < -0.4 is 16.0 Å². The molecule has 6 rings (SSSR count). The maximum atomic E-state index is 12.1. The van der Waals surface area contributed by atoms with Crippen LogP contribution in [0.3, 0.4) is 0 Å². The summed E-state index contributed by atoms with van der Waals surface area (Å²) in [6.07, 6.45) is 5.39. The third kappa shape index (κ3) is 4.60. The summed E-state index contributed by atoms with van der Waals surface area (Å²) >= 11 is 0. The van der Waals surface area contributed by atoms with Crippen LogP contribution in [0.2, 0.25) is 0 Å². The minimum absolute atomic E-state index is 0.0483. The highest BCUT2D eigenvalue weighted by molar-refractivity contribution is 6.15. The second-order valence-corrected chi connectivity index (χ2v) is 8.95. The molecule has 1 aromatic carbocycles. The Bertz CT molecular complexity index is 1290. The Hall–Kier alpha value is -3.83. The van der Waals surface area contributed by atoms with Crippen molar-refractivity contribution in [1.82, 2.24) is 29.8 Å². The minimum Gasteiger partial charge on any atom is -0.379 e. The Balaban J connectivity index is 1.40. The number of amides is 2. The van der Waals surface area contributed by atoms with E-state index in [2.05, 4.69) is 38.1 Å². The summed E-state index contributed by atoms with van der Waals surface area (Å²) < 4.78 is 7.21. The first-order valence-corrected chi connectivity index (χ1v) is 11.8. The van der Waals surface area contributed by atoms with Crippen molar-refractivity contribution in [1.29, 1.82) is 0 Å². The van der Waals surface area contributed by atoms with Crippen LogP contribution in [0.1, 0.15) is 36.6 Å². The number of fused-ring (bicyclic) bond motifs is 1. The number of aromatic nitrogens is 4. The first-order chi connectivity index (χ1) is 17.1. The Morgan fingerprint density at radius 3 is 2.63 bits per heavy atom. The van der Waals surface area contributed by atoms with E-state index in [1.807, 2.05) is 18.2 Å². The van der Waals surface area contributed by atoms with Crippen molar-refractivity contribution in [3.05, 3.63) is 53.2 Å². The van der Waals surface area contributed by atoms with Gasteiger partial charge in [0.1, 0.15) is 6.17 Å². The number of anilines is 2. The van der Waals surface area contributed by atoms with E-state index in [4.69, 9.17) is 14.7 Å². The fourth-order valence-corrected chi connectivity index (χ4v) is 4.35. The number of morpholine rings is 1. The average Bonchev–Trinajstić information content (AvgIpc) is 3.51. The van der Waals surface area contributed by atoms with E-state index in [1.54, 1.807) is 16.8 Å². The summed E-state index contributed by atoms with van der Waals surface area (Å²) in [4.78, 5) is 35.6. The van der Waals surface area contributed by atoms with Crippen molar-refractivity contribution in [2.24, 2.45) is 0 Å². The molecular formula is C24H26N8O3. The molecule has 3 N–H and O–H groups in total. The van der Waals surface area contributed by atoms with E-state index in [1.165, 1.54) is 0 Å². The van der Waals surface area contributed by atoms with Gasteiger partial charge in [0, 0.05) is 30.3 Å². The molecule has 1 saturated carbocycles. The zero-order valence-electron chi connectivity index (χ0n) is 19.1. The summed E-state index contributed by atoms with van der Waals surface area (Å²) in [7, 11) is 0. The fourth-order valence-electron chi connectivity index (χ4n) is 4.35. The van der Waals surface area contributed by atoms with E-state index in [0.717, 1.165) is 31.5 Å². The second kappa shape index (κ2) is 9.08. The lowest BCUT2D eigenvalue weighted by atomic mass is 10.1. The quantitative estimate of drug-likeness (QED) is 0.346. The van der Waals surface area contributed by atoms with Crippen LogP contribution in [0.15, 0.2) is 42.1 Å². The van der Waals surface area contributed by atoms with Gasteiger partial charge in [0.15, 0.2) is 5.65 Å². The molecule has 3 aliphatic rings. The normalized spacial score (nSPS) is 20.9. The van der Waals surface area contributed by atoms with Gasteiger partial charge in [-0.15, -0.1) is 0 Å². The molecule has 2 aromatic heterocycles. The molecule has 3 aromatic rings. The lowest BCUT2D eigenvalue weighted by Crippen LogP contribution is -2.42. The van der Waals surface area contributed by atoms with Gasteiger partial charge in [-0.2, -0.15) is 19.6 Å². The number of hydrogen-bond acceptors (Lipinski definition) is 9. The van der Waals surface area contributed by atoms with Gasteiger partial charge in [-0.25, -0.2) is 0 Å². The molecule has 0 bridgehead atoms. The van der Waals surface area contributed by atoms with Gasteiger partial charge in [-0.05, 0) is 24.5 Å². The molecule has 0 radical (unpaired) electrons. The van der Waals surface area contributed by atoms with Crippen molar-refractivity contribution in [3.63, 3.8) is 0 Å². The zero-order valence-corrected chi connectivity index (χ0v) is 19.1. The van der Waals surface area contributed by atoms with Crippen molar-refractivity contribution < 1.29 is 14.3 Å². The molecule has 35 heavy (non-hydrogen) atoms. The van der Waals surface area contributed by atoms with Crippen LogP contribution >= 0.6 is 0 Å². The molecule has 4 heterocycles. The Morgan fingerprint density at radius 1 is 1.11 bits per heavy atom. The van der Waals surface area contributed by atoms with E-state index in [0.29, 0.717) is 47.9 Å².